The number of carboxylic acids is 1. The molecule has 3 rings (SSSR count). The second-order valence-corrected chi connectivity index (χ2v) is 11.7. The molecule has 0 unspecified atom stereocenters. The van der Waals surface area contributed by atoms with Crippen LogP contribution in [0.25, 0.3) is 11.1 Å². The van der Waals surface area contributed by atoms with Gasteiger partial charge in [-0.15, -0.1) is 0 Å². The molecule has 64 heavy (non-hydrogen) atoms. The fourth-order valence-electron chi connectivity index (χ4n) is 5.19. The van der Waals surface area contributed by atoms with Crippen LogP contribution < -0.4 is 0 Å². The lowest BCUT2D eigenvalue weighted by atomic mass is 9.84. The van der Waals surface area contributed by atoms with Crippen LogP contribution >= 0.6 is 0 Å². The number of esters is 2. The Morgan fingerprint density at radius 1 is 0.484 bits per heavy atom. The molecule has 2 aromatic rings. The number of carbonyl (C=O) groups excluding carboxylic acids is 3. The molecule has 0 fully saturated rings. The van der Waals surface area contributed by atoms with E-state index in [2.05, 4.69) is 121 Å². The lowest BCUT2D eigenvalue weighted by Crippen LogP contribution is -2.40. The molecule has 0 bridgehead atoms. The first kappa shape index (κ1) is 53.8. The fourth-order valence-corrected chi connectivity index (χ4v) is 5.19. The lowest BCUT2D eigenvalue weighted by molar-refractivity contribution is -0.870. The van der Waals surface area contributed by atoms with Crippen LogP contribution in [0.2, 0.25) is 0 Å². The summed E-state index contributed by atoms with van der Waals surface area (Å²) in [7, 11) is 2.13. The fraction of sp³-hybridized carbons (Fsp3) is 0.484. The molecule has 0 aromatic heterocycles. The molecule has 0 heterocycles. The molecule has 2 aromatic carbocycles. The molecule has 0 spiro atoms. The average molecular weight is 939 g/mol. The number of rotatable bonds is 42. The van der Waals surface area contributed by atoms with Crippen molar-refractivity contribution in [1.29, 1.82) is 0 Å². The molecule has 0 atom stereocenters. The van der Waals surface area contributed by atoms with E-state index in [1.807, 2.05) is 48.5 Å². The Morgan fingerprint density at radius 3 is 1.31 bits per heavy atom. The molecule has 33 heteroatoms. The van der Waals surface area contributed by atoms with Crippen molar-refractivity contribution < 1.29 is 164 Å². The van der Waals surface area contributed by atoms with Gasteiger partial charge in [-0.3, -0.25) is 19.2 Å². The number of benzene rings is 2. The molecule has 1 N–H and O–H groups in total. The number of fused-ring (bicyclic) bond motifs is 3. The SMILES string of the molecule is COOOOOOOOOOOOOCC(COOOOOOOOOOOOOC)(COC(=O)CCCC(=O)O)CC(=O)CCCC(=O)OCC1c2ccccc2-c2ccccc21. The van der Waals surface area contributed by atoms with Gasteiger partial charge >= 0.3 is 17.9 Å². The van der Waals surface area contributed by atoms with Crippen LogP contribution in [0.15, 0.2) is 48.5 Å². The zero-order valence-corrected chi connectivity index (χ0v) is 33.0. The maximum atomic E-state index is 13.4. The average Bonchev–Trinajstić information content (AvgIpc) is 3.61. The number of carbonyl (C=O) groups is 4. The minimum atomic E-state index is -1.78. The standard InChI is InChI=1S/C31H38O33/c1-37-43-47-51-55-59-63-61-57-53-49-45-41-20-31(19-40-30(36)16-8-14-28(33)34,21-42-46-50-54-58-62-64-60-56-52-48-44-38-2)17-22(32)9-7-15-29(35)39-18-27-25-12-5-3-10-23(25)24-11-4-6-13-26(24)27/h3-6,10-13,27H,7-9,14-21H2,1-2H3,(H,33,34). The van der Waals surface area contributed by atoms with E-state index in [4.69, 9.17) is 24.4 Å². The van der Waals surface area contributed by atoms with Gasteiger partial charge in [0, 0.05) is 38.0 Å². The van der Waals surface area contributed by atoms with Crippen molar-refractivity contribution in [3.05, 3.63) is 59.7 Å². The molecule has 360 valence electrons. The summed E-state index contributed by atoms with van der Waals surface area (Å²) in [6.07, 6.45) is -1.71. The van der Waals surface area contributed by atoms with E-state index in [-0.39, 0.29) is 51.0 Å². The summed E-state index contributed by atoms with van der Waals surface area (Å²) in [5.74, 6) is -3.36. The van der Waals surface area contributed by atoms with Crippen LogP contribution in [-0.2, 0) is 159 Å². The van der Waals surface area contributed by atoms with Crippen molar-refractivity contribution in [3.63, 3.8) is 0 Å². The van der Waals surface area contributed by atoms with Crippen molar-refractivity contribution >= 4 is 23.7 Å². The summed E-state index contributed by atoms with van der Waals surface area (Å²) in [6.45, 7) is -2.19. The highest BCUT2D eigenvalue weighted by Crippen LogP contribution is 2.44. The van der Waals surface area contributed by atoms with Crippen molar-refractivity contribution in [2.45, 2.75) is 50.9 Å². The van der Waals surface area contributed by atoms with E-state index in [0.717, 1.165) is 36.5 Å². The van der Waals surface area contributed by atoms with E-state index in [9.17, 15) is 19.2 Å². The topological polar surface area (TPSA) is 347 Å². The summed E-state index contributed by atoms with van der Waals surface area (Å²) in [5, 5.41) is 93.4. The molecule has 0 saturated heterocycles. The molecule has 33 nitrogen and oxygen atoms in total. The Kier molecular flexibility index (Phi) is 28.5. The van der Waals surface area contributed by atoms with E-state index in [1.165, 1.54) is 0 Å². The predicted octanol–water partition coefficient (Wildman–Crippen LogP) is 2.91. The molecule has 0 amide bonds. The number of ether oxygens (including phenoxy) is 2. The van der Waals surface area contributed by atoms with Gasteiger partial charge in [0.15, 0.2) is 0 Å². The van der Waals surface area contributed by atoms with Crippen LogP contribution in [-0.4, -0.2) is 69.4 Å². The van der Waals surface area contributed by atoms with Gasteiger partial charge in [-0.1, -0.05) is 48.5 Å². The third-order valence-electron chi connectivity index (χ3n) is 7.61. The second-order valence-electron chi connectivity index (χ2n) is 11.7. The monoisotopic (exact) mass is 938 g/mol. The Balaban J connectivity index is 1.54. The van der Waals surface area contributed by atoms with Crippen LogP contribution in [0, 0.1) is 5.41 Å². The minimum absolute atomic E-state index is 0.0195. The van der Waals surface area contributed by atoms with E-state index < -0.39 is 55.3 Å². The normalized spacial score (nSPS) is 12.3. The first-order valence-electron chi connectivity index (χ1n) is 17.5. The van der Waals surface area contributed by atoms with Gasteiger partial charge < -0.3 is 14.6 Å². The summed E-state index contributed by atoms with van der Waals surface area (Å²) in [5.41, 5.74) is 2.34. The Hall–Kier alpha value is -4.52. The Labute approximate surface area is 355 Å². The number of ketones is 1. The lowest BCUT2D eigenvalue weighted by Gasteiger charge is -2.30. The number of hydrogen-bond donors (Lipinski definition) is 1. The molecule has 1 aliphatic carbocycles. The predicted molar refractivity (Wildman–Crippen MR) is 173 cm³/mol. The van der Waals surface area contributed by atoms with Crippen LogP contribution in [0.5, 0.6) is 0 Å². The second kappa shape index (κ2) is 33.9. The van der Waals surface area contributed by atoms with Crippen molar-refractivity contribution in [1.82, 2.24) is 0 Å². The molecule has 1 aliphatic rings. The Morgan fingerprint density at radius 2 is 0.875 bits per heavy atom. The van der Waals surface area contributed by atoms with E-state index in [0.29, 0.717) is 0 Å². The van der Waals surface area contributed by atoms with Crippen molar-refractivity contribution in [2.24, 2.45) is 5.41 Å². The smallest absolute Gasteiger partial charge is 0.305 e. The maximum absolute atomic E-state index is 13.4. The quantitative estimate of drug-likeness (QED) is 0.0433. The Bertz CT molecular complexity index is 1520. The molecular formula is C31H38O33. The van der Waals surface area contributed by atoms with E-state index >= 15 is 0 Å². The molecular weight excluding hydrogens is 900 g/mol. The number of carboxylic acid groups (broad SMARTS) is 1. The van der Waals surface area contributed by atoms with Crippen molar-refractivity contribution in [2.75, 3.05) is 40.6 Å². The molecule has 0 saturated carbocycles. The first-order chi connectivity index (χ1) is 31.3. The number of hydrogen-bond acceptors (Lipinski definition) is 32. The van der Waals surface area contributed by atoms with Crippen molar-refractivity contribution in [3.8, 4) is 11.1 Å². The summed E-state index contributed by atoms with van der Waals surface area (Å²) < 4.78 is 10.9. The van der Waals surface area contributed by atoms with E-state index in [1.54, 1.807) is 0 Å². The van der Waals surface area contributed by atoms with Gasteiger partial charge in [0.2, 0.25) is 0 Å². The minimum Gasteiger partial charge on any atom is -0.481 e. The number of aliphatic carboxylic acids is 1. The first-order valence-corrected chi connectivity index (χ1v) is 17.5. The van der Waals surface area contributed by atoms with Gasteiger partial charge in [-0.25, -0.2) is 19.6 Å². The van der Waals surface area contributed by atoms with Gasteiger partial charge in [0.1, 0.15) is 19.0 Å². The van der Waals surface area contributed by atoms with Gasteiger partial charge in [0.05, 0.1) is 32.8 Å². The van der Waals surface area contributed by atoms with Gasteiger partial charge in [-0.05, 0) is 146 Å². The van der Waals surface area contributed by atoms with Crippen LogP contribution in [0.1, 0.15) is 62.0 Å². The zero-order valence-electron chi connectivity index (χ0n) is 33.0. The zero-order chi connectivity index (χ0) is 45.9. The van der Waals surface area contributed by atoms with Gasteiger partial charge in [0.25, 0.3) is 0 Å². The molecule has 0 aliphatic heterocycles. The highest BCUT2D eigenvalue weighted by Gasteiger charge is 2.38. The third-order valence-corrected chi connectivity index (χ3v) is 7.61. The highest BCUT2D eigenvalue weighted by atomic mass is 18.0. The maximum Gasteiger partial charge on any atom is 0.305 e. The summed E-state index contributed by atoms with van der Waals surface area (Å²) in [6, 6.07) is 15.6. The highest BCUT2D eigenvalue weighted by molar-refractivity contribution is 5.81. The summed E-state index contributed by atoms with van der Waals surface area (Å²) >= 11 is 0. The largest absolute Gasteiger partial charge is 0.481 e. The summed E-state index contributed by atoms with van der Waals surface area (Å²) in [4.78, 5) is 67.4. The van der Waals surface area contributed by atoms with Crippen LogP contribution in [0.3, 0.4) is 0 Å². The van der Waals surface area contributed by atoms with Crippen LogP contribution in [0.4, 0.5) is 0 Å². The molecule has 0 radical (unpaired) electrons. The third kappa shape index (κ3) is 22.9. The van der Waals surface area contributed by atoms with Gasteiger partial charge in [-0.2, -0.15) is 0 Å². The number of Topliss-reactive ketones (excluding diaryl/α,β-unsaturated/α-hetero) is 1.